The third-order valence-electron chi connectivity index (χ3n) is 5.63. The number of piperidine rings is 1. The molecule has 0 aromatic heterocycles. The molecule has 0 bridgehead atoms. The van der Waals surface area contributed by atoms with Crippen LogP contribution in [0, 0.1) is 12.8 Å². The van der Waals surface area contributed by atoms with Crippen molar-refractivity contribution < 1.29 is 4.79 Å². The summed E-state index contributed by atoms with van der Waals surface area (Å²) in [4.78, 5) is 17.1. The lowest BCUT2D eigenvalue weighted by atomic mass is 9.96. The molecular formula is C20H30ClN3O. The number of rotatable bonds is 3. The van der Waals surface area contributed by atoms with Crippen LogP contribution in [0.5, 0.6) is 0 Å². The molecule has 2 amide bonds. The topological polar surface area (TPSA) is 35.6 Å². The number of benzene rings is 1. The van der Waals surface area contributed by atoms with Gasteiger partial charge in [0.15, 0.2) is 0 Å². The normalized spacial score (nSPS) is 20.3. The van der Waals surface area contributed by atoms with Crippen molar-refractivity contribution in [2.75, 3.05) is 38.0 Å². The van der Waals surface area contributed by atoms with Crippen LogP contribution < -0.4 is 5.32 Å². The molecule has 2 aliphatic heterocycles. The van der Waals surface area contributed by atoms with Crippen molar-refractivity contribution in [3.63, 3.8) is 0 Å². The maximum atomic E-state index is 12.5. The lowest BCUT2D eigenvalue weighted by Crippen LogP contribution is -2.43. The molecule has 0 spiro atoms. The van der Waals surface area contributed by atoms with Crippen molar-refractivity contribution in [3.8, 4) is 0 Å². The van der Waals surface area contributed by atoms with E-state index in [1.165, 1.54) is 45.3 Å². The van der Waals surface area contributed by atoms with Gasteiger partial charge in [0.2, 0.25) is 0 Å². The maximum Gasteiger partial charge on any atom is 0.321 e. The first-order chi connectivity index (χ1) is 12.1. The lowest BCUT2D eigenvalue weighted by molar-refractivity contribution is 0.155. The number of likely N-dealkylation sites (tertiary alicyclic amines) is 2. The molecule has 0 unspecified atom stereocenters. The average Bonchev–Trinajstić information content (AvgIpc) is 2.88. The SMILES string of the molecule is Cc1c(Cl)cccc1NC(=O)N1CCC(CN2CCCCCC2)CC1. The summed E-state index contributed by atoms with van der Waals surface area (Å²) in [5.41, 5.74) is 1.73. The summed E-state index contributed by atoms with van der Waals surface area (Å²) in [6, 6.07) is 5.63. The van der Waals surface area contributed by atoms with Gasteiger partial charge in [-0.2, -0.15) is 0 Å². The lowest BCUT2D eigenvalue weighted by Gasteiger charge is -2.34. The van der Waals surface area contributed by atoms with Gasteiger partial charge in [0.1, 0.15) is 0 Å². The highest BCUT2D eigenvalue weighted by atomic mass is 35.5. The standard InChI is InChI=1S/C20H30ClN3O/c1-16-18(21)7-6-8-19(16)22-20(25)24-13-9-17(10-14-24)15-23-11-4-2-3-5-12-23/h6-8,17H,2-5,9-15H2,1H3,(H,22,25). The summed E-state index contributed by atoms with van der Waals surface area (Å²) >= 11 is 6.14. The Hall–Kier alpha value is -1.26. The highest BCUT2D eigenvalue weighted by Gasteiger charge is 2.25. The third kappa shape index (κ3) is 5.11. The number of anilines is 1. The molecule has 0 radical (unpaired) electrons. The second kappa shape index (κ2) is 8.91. The molecule has 3 rings (SSSR count). The van der Waals surface area contributed by atoms with Crippen LogP contribution in [-0.4, -0.2) is 48.6 Å². The molecule has 1 aromatic rings. The monoisotopic (exact) mass is 363 g/mol. The zero-order chi connectivity index (χ0) is 17.6. The highest BCUT2D eigenvalue weighted by Crippen LogP contribution is 2.25. The zero-order valence-electron chi connectivity index (χ0n) is 15.3. The van der Waals surface area contributed by atoms with Gasteiger partial charge in [-0.1, -0.05) is 30.5 Å². The van der Waals surface area contributed by atoms with E-state index < -0.39 is 0 Å². The summed E-state index contributed by atoms with van der Waals surface area (Å²) in [5, 5.41) is 3.71. The molecule has 138 valence electrons. The Morgan fingerprint density at radius 2 is 1.80 bits per heavy atom. The number of nitrogens with one attached hydrogen (secondary N) is 1. The van der Waals surface area contributed by atoms with Gasteiger partial charge in [0.25, 0.3) is 0 Å². The maximum absolute atomic E-state index is 12.5. The fourth-order valence-electron chi connectivity index (χ4n) is 3.94. The van der Waals surface area contributed by atoms with Gasteiger partial charge < -0.3 is 15.1 Å². The van der Waals surface area contributed by atoms with Crippen LogP contribution in [0.3, 0.4) is 0 Å². The second-order valence-corrected chi connectivity index (χ2v) is 7.89. The van der Waals surface area contributed by atoms with Crippen molar-refractivity contribution >= 4 is 23.3 Å². The van der Waals surface area contributed by atoms with E-state index in [1.54, 1.807) is 0 Å². The van der Waals surface area contributed by atoms with Gasteiger partial charge >= 0.3 is 6.03 Å². The van der Waals surface area contributed by atoms with E-state index in [9.17, 15) is 4.79 Å². The Morgan fingerprint density at radius 3 is 2.48 bits per heavy atom. The van der Waals surface area contributed by atoms with E-state index >= 15 is 0 Å². The van der Waals surface area contributed by atoms with E-state index in [0.717, 1.165) is 43.1 Å². The third-order valence-corrected chi connectivity index (χ3v) is 6.04. The smallest absolute Gasteiger partial charge is 0.321 e. The number of hydrogen-bond donors (Lipinski definition) is 1. The predicted molar refractivity (Wildman–Crippen MR) is 104 cm³/mol. The van der Waals surface area contributed by atoms with Gasteiger partial charge in [0.05, 0.1) is 0 Å². The molecular weight excluding hydrogens is 334 g/mol. The molecule has 2 aliphatic rings. The Kier molecular flexibility index (Phi) is 6.60. The molecule has 1 N–H and O–H groups in total. The van der Waals surface area contributed by atoms with Crippen molar-refractivity contribution in [3.05, 3.63) is 28.8 Å². The van der Waals surface area contributed by atoms with E-state index in [4.69, 9.17) is 11.6 Å². The quantitative estimate of drug-likeness (QED) is 0.839. The molecule has 2 fully saturated rings. The van der Waals surface area contributed by atoms with Crippen molar-refractivity contribution in [1.29, 1.82) is 0 Å². The van der Waals surface area contributed by atoms with E-state index in [0.29, 0.717) is 5.02 Å². The number of nitrogens with zero attached hydrogens (tertiary/aromatic N) is 2. The Labute approximate surface area is 156 Å². The summed E-state index contributed by atoms with van der Waals surface area (Å²) < 4.78 is 0. The first-order valence-corrected chi connectivity index (χ1v) is 10.0. The van der Waals surface area contributed by atoms with Crippen molar-refractivity contribution in [2.45, 2.75) is 45.4 Å². The molecule has 0 aliphatic carbocycles. The van der Waals surface area contributed by atoms with Crippen molar-refractivity contribution in [2.24, 2.45) is 5.92 Å². The molecule has 0 atom stereocenters. The average molecular weight is 364 g/mol. The van der Waals surface area contributed by atoms with Gasteiger partial charge in [-0.15, -0.1) is 0 Å². The van der Waals surface area contributed by atoms with Crippen LogP contribution >= 0.6 is 11.6 Å². The first kappa shape index (κ1) is 18.5. The van der Waals surface area contributed by atoms with Gasteiger partial charge in [-0.05, 0) is 69.3 Å². The Balaban J connectivity index is 1.46. The molecule has 1 aromatic carbocycles. The number of hydrogen-bond acceptors (Lipinski definition) is 2. The van der Waals surface area contributed by atoms with Crippen LogP contribution in [0.1, 0.15) is 44.1 Å². The van der Waals surface area contributed by atoms with Gasteiger partial charge in [-0.25, -0.2) is 4.79 Å². The summed E-state index contributed by atoms with van der Waals surface area (Å²) in [5.74, 6) is 0.732. The minimum atomic E-state index is -0.00131. The van der Waals surface area contributed by atoms with Crippen molar-refractivity contribution in [1.82, 2.24) is 9.80 Å². The fourth-order valence-corrected chi connectivity index (χ4v) is 4.11. The number of amides is 2. The van der Waals surface area contributed by atoms with Crippen LogP contribution in [0.4, 0.5) is 10.5 Å². The van der Waals surface area contributed by atoms with Gasteiger partial charge in [0, 0.05) is 30.3 Å². The molecule has 0 saturated carbocycles. The molecule has 2 heterocycles. The largest absolute Gasteiger partial charge is 0.325 e. The predicted octanol–water partition coefficient (Wildman–Crippen LogP) is 4.77. The Bertz CT molecular complexity index is 576. The minimum absolute atomic E-state index is 0.00131. The van der Waals surface area contributed by atoms with E-state index in [-0.39, 0.29) is 6.03 Å². The molecule has 25 heavy (non-hydrogen) atoms. The van der Waals surface area contributed by atoms with Crippen LogP contribution in [-0.2, 0) is 0 Å². The summed E-state index contributed by atoms with van der Waals surface area (Å²) in [6.45, 7) is 7.37. The number of carbonyl (C=O) groups excluding carboxylic acids is 1. The van der Waals surface area contributed by atoms with Gasteiger partial charge in [-0.3, -0.25) is 0 Å². The van der Waals surface area contributed by atoms with Crippen LogP contribution in [0.2, 0.25) is 5.02 Å². The zero-order valence-corrected chi connectivity index (χ0v) is 16.0. The molecule has 4 nitrogen and oxygen atoms in total. The van der Waals surface area contributed by atoms with Crippen LogP contribution in [0.25, 0.3) is 0 Å². The second-order valence-electron chi connectivity index (χ2n) is 7.49. The summed E-state index contributed by atoms with van der Waals surface area (Å²) in [6.07, 6.45) is 7.69. The molecule has 5 heteroatoms. The molecule has 2 saturated heterocycles. The van der Waals surface area contributed by atoms with E-state index in [2.05, 4.69) is 10.2 Å². The highest BCUT2D eigenvalue weighted by molar-refractivity contribution is 6.31. The minimum Gasteiger partial charge on any atom is -0.325 e. The fraction of sp³-hybridized carbons (Fsp3) is 0.650. The number of urea groups is 1. The van der Waals surface area contributed by atoms with Crippen LogP contribution in [0.15, 0.2) is 18.2 Å². The van der Waals surface area contributed by atoms with E-state index in [1.807, 2.05) is 30.0 Å². The first-order valence-electron chi connectivity index (χ1n) is 9.67. The Morgan fingerprint density at radius 1 is 1.12 bits per heavy atom. The number of carbonyl (C=O) groups is 1. The number of halogens is 1. The summed E-state index contributed by atoms with van der Waals surface area (Å²) in [7, 11) is 0.